The Balaban J connectivity index is 1.83. The highest BCUT2D eigenvalue weighted by Gasteiger charge is 2.21. The van der Waals surface area contributed by atoms with Gasteiger partial charge in [0.1, 0.15) is 0 Å². The first-order chi connectivity index (χ1) is 11.3. The number of hydrogen-bond acceptors (Lipinski definition) is 6. The van der Waals surface area contributed by atoms with E-state index in [1.165, 1.54) is 33.6 Å². The van der Waals surface area contributed by atoms with E-state index in [9.17, 15) is 14.4 Å². The third-order valence-electron chi connectivity index (χ3n) is 3.28. The van der Waals surface area contributed by atoms with Gasteiger partial charge in [0.15, 0.2) is 4.96 Å². The van der Waals surface area contributed by atoms with Gasteiger partial charge in [0.05, 0.1) is 11.4 Å². The minimum Gasteiger partial charge on any atom is -0.481 e. The van der Waals surface area contributed by atoms with Crippen LogP contribution >= 0.6 is 23.1 Å². The van der Waals surface area contributed by atoms with Crippen LogP contribution in [0.4, 0.5) is 0 Å². The van der Waals surface area contributed by atoms with Crippen LogP contribution in [0.5, 0.6) is 0 Å². The predicted molar refractivity (Wildman–Crippen MR) is 94.6 cm³/mol. The molecule has 0 atom stereocenters. The van der Waals surface area contributed by atoms with Gasteiger partial charge in [-0.05, 0) is 20.3 Å². The number of hydrogen-bond donors (Lipinski definition) is 2. The third-order valence-corrected chi connectivity index (χ3v) is 5.00. The quantitative estimate of drug-likeness (QED) is 0.735. The lowest BCUT2D eigenvalue weighted by molar-refractivity contribution is -0.137. The molecule has 0 radical (unpaired) electrons. The van der Waals surface area contributed by atoms with Crippen molar-refractivity contribution in [3.63, 3.8) is 0 Å². The SMILES string of the molecule is CC(C)(CCC(=O)O)NC(=O)CSCc1cc(=O)n2ccsc2n1. The van der Waals surface area contributed by atoms with Crippen LogP contribution in [0.1, 0.15) is 32.4 Å². The zero-order valence-electron chi connectivity index (χ0n) is 13.4. The lowest BCUT2D eigenvalue weighted by Crippen LogP contribution is -2.44. The van der Waals surface area contributed by atoms with Crippen molar-refractivity contribution in [1.82, 2.24) is 14.7 Å². The second-order valence-electron chi connectivity index (χ2n) is 5.96. The summed E-state index contributed by atoms with van der Waals surface area (Å²) in [6, 6.07) is 1.47. The molecular weight excluding hydrogens is 350 g/mol. The molecule has 7 nitrogen and oxygen atoms in total. The number of aliphatic carboxylic acids is 1. The standard InChI is InChI=1S/C15H19N3O4S2/c1-15(2,4-3-13(21)22)17-11(19)9-23-8-10-7-12(20)18-5-6-24-14(18)16-10/h5-7H,3-4,8-9H2,1-2H3,(H,17,19)(H,21,22). The Kier molecular flexibility index (Phi) is 6.00. The molecule has 0 spiro atoms. The normalized spacial score (nSPS) is 11.6. The van der Waals surface area contributed by atoms with Crippen LogP contribution in [0, 0.1) is 0 Å². The average molecular weight is 369 g/mol. The van der Waals surface area contributed by atoms with Crippen LogP contribution in [0.25, 0.3) is 4.96 Å². The molecule has 2 aromatic rings. The first-order valence-electron chi connectivity index (χ1n) is 7.33. The van der Waals surface area contributed by atoms with E-state index in [1.807, 2.05) is 0 Å². The monoisotopic (exact) mass is 369 g/mol. The summed E-state index contributed by atoms with van der Waals surface area (Å²) in [6.07, 6.45) is 2.06. The van der Waals surface area contributed by atoms with Gasteiger partial charge < -0.3 is 10.4 Å². The molecule has 130 valence electrons. The molecular formula is C15H19N3O4S2. The van der Waals surface area contributed by atoms with Crippen LogP contribution in [-0.2, 0) is 15.3 Å². The summed E-state index contributed by atoms with van der Waals surface area (Å²) in [5.41, 5.74) is -0.0512. The van der Waals surface area contributed by atoms with Crippen molar-refractivity contribution >= 4 is 39.9 Å². The predicted octanol–water partition coefficient (Wildman–Crippen LogP) is 1.75. The van der Waals surface area contributed by atoms with E-state index < -0.39 is 11.5 Å². The summed E-state index contributed by atoms with van der Waals surface area (Å²) in [6.45, 7) is 3.59. The van der Waals surface area contributed by atoms with E-state index in [0.29, 0.717) is 22.8 Å². The molecule has 2 aromatic heterocycles. The Morgan fingerprint density at radius 1 is 1.46 bits per heavy atom. The van der Waals surface area contributed by atoms with Gasteiger partial charge in [0.25, 0.3) is 5.56 Å². The van der Waals surface area contributed by atoms with E-state index in [0.717, 1.165) is 0 Å². The van der Waals surface area contributed by atoms with Crippen molar-refractivity contribution in [3.05, 3.63) is 33.7 Å². The number of rotatable bonds is 8. The Morgan fingerprint density at radius 3 is 2.92 bits per heavy atom. The number of amides is 1. The molecule has 0 saturated heterocycles. The number of carbonyl (C=O) groups is 2. The van der Waals surface area contributed by atoms with Gasteiger partial charge in [-0.2, -0.15) is 0 Å². The largest absolute Gasteiger partial charge is 0.481 e. The summed E-state index contributed by atoms with van der Waals surface area (Å²) >= 11 is 2.75. The Bertz CT molecular complexity index is 797. The topological polar surface area (TPSA) is 101 Å². The molecule has 0 saturated carbocycles. The van der Waals surface area contributed by atoms with Gasteiger partial charge in [-0.15, -0.1) is 23.1 Å². The van der Waals surface area contributed by atoms with E-state index in [-0.39, 0.29) is 23.6 Å². The van der Waals surface area contributed by atoms with Crippen LogP contribution in [-0.4, -0.2) is 37.7 Å². The fourth-order valence-electron chi connectivity index (χ4n) is 2.11. The number of aromatic nitrogens is 2. The zero-order valence-corrected chi connectivity index (χ0v) is 15.1. The number of nitrogens with one attached hydrogen (secondary N) is 1. The van der Waals surface area contributed by atoms with Crippen LogP contribution in [0.3, 0.4) is 0 Å². The zero-order chi connectivity index (χ0) is 17.7. The van der Waals surface area contributed by atoms with Crippen LogP contribution < -0.4 is 10.9 Å². The van der Waals surface area contributed by atoms with Crippen LogP contribution in [0.15, 0.2) is 22.4 Å². The van der Waals surface area contributed by atoms with Crippen LogP contribution in [0.2, 0.25) is 0 Å². The number of carboxylic acid groups (broad SMARTS) is 1. The fraction of sp³-hybridized carbons (Fsp3) is 0.467. The minimum absolute atomic E-state index is 0.00904. The van der Waals surface area contributed by atoms with E-state index in [4.69, 9.17) is 5.11 Å². The number of nitrogens with zero attached hydrogens (tertiary/aromatic N) is 2. The van der Waals surface area contributed by atoms with Gasteiger partial charge in [0.2, 0.25) is 5.91 Å². The maximum absolute atomic E-state index is 12.0. The van der Waals surface area contributed by atoms with Crippen molar-refractivity contribution in [2.45, 2.75) is 38.0 Å². The minimum atomic E-state index is -0.881. The highest BCUT2D eigenvalue weighted by Crippen LogP contribution is 2.14. The molecule has 9 heteroatoms. The lowest BCUT2D eigenvalue weighted by Gasteiger charge is -2.25. The smallest absolute Gasteiger partial charge is 0.303 e. The molecule has 0 bridgehead atoms. The van der Waals surface area contributed by atoms with Gasteiger partial charge in [0, 0.05) is 35.4 Å². The summed E-state index contributed by atoms with van der Waals surface area (Å²) in [5, 5.41) is 13.3. The van der Waals surface area contributed by atoms with Gasteiger partial charge >= 0.3 is 5.97 Å². The molecule has 1 amide bonds. The van der Waals surface area contributed by atoms with Crippen molar-refractivity contribution in [2.75, 3.05) is 5.75 Å². The fourth-order valence-corrected chi connectivity index (χ4v) is 3.56. The molecule has 2 heterocycles. The molecule has 2 N–H and O–H groups in total. The molecule has 24 heavy (non-hydrogen) atoms. The molecule has 0 aliphatic carbocycles. The maximum Gasteiger partial charge on any atom is 0.303 e. The Hall–Kier alpha value is -1.87. The molecule has 0 aliphatic heterocycles. The maximum atomic E-state index is 12.0. The lowest BCUT2D eigenvalue weighted by atomic mass is 9.98. The molecule has 0 unspecified atom stereocenters. The number of fused-ring (bicyclic) bond motifs is 1. The molecule has 0 fully saturated rings. The first-order valence-corrected chi connectivity index (χ1v) is 9.37. The summed E-state index contributed by atoms with van der Waals surface area (Å²) < 4.78 is 1.48. The van der Waals surface area contributed by atoms with Crippen molar-refractivity contribution < 1.29 is 14.7 Å². The second-order valence-corrected chi connectivity index (χ2v) is 7.82. The number of thiazole rings is 1. The third kappa shape index (κ3) is 5.34. The Labute approximate surface area is 147 Å². The molecule has 2 rings (SSSR count). The van der Waals surface area contributed by atoms with E-state index in [2.05, 4.69) is 10.3 Å². The highest BCUT2D eigenvalue weighted by molar-refractivity contribution is 7.99. The van der Waals surface area contributed by atoms with E-state index >= 15 is 0 Å². The molecule has 0 aromatic carbocycles. The summed E-state index contributed by atoms with van der Waals surface area (Å²) in [4.78, 5) is 39.5. The van der Waals surface area contributed by atoms with E-state index in [1.54, 1.807) is 25.4 Å². The number of thioether (sulfide) groups is 1. The van der Waals surface area contributed by atoms with Crippen molar-refractivity contribution in [3.8, 4) is 0 Å². The van der Waals surface area contributed by atoms with Crippen molar-refractivity contribution in [1.29, 1.82) is 0 Å². The van der Waals surface area contributed by atoms with Gasteiger partial charge in [-0.25, -0.2) is 4.98 Å². The van der Waals surface area contributed by atoms with Crippen molar-refractivity contribution in [2.24, 2.45) is 0 Å². The summed E-state index contributed by atoms with van der Waals surface area (Å²) in [5.74, 6) is -0.355. The second kappa shape index (κ2) is 7.80. The number of carbonyl (C=O) groups excluding carboxylic acids is 1. The first kappa shape index (κ1) is 18.5. The Morgan fingerprint density at radius 2 is 2.21 bits per heavy atom. The molecule has 0 aliphatic rings. The average Bonchev–Trinajstić information content (AvgIpc) is 2.94. The van der Waals surface area contributed by atoms with Gasteiger partial charge in [-0.3, -0.25) is 18.8 Å². The number of carboxylic acids is 1. The highest BCUT2D eigenvalue weighted by atomic mass is 32.2. The van der Waals surface area contributed by atoms with Gasteiger partial charge in [-0.1, -0.05) is 0 Å². The summed E-state index contributed by atoms with van der Waals surface area (Å²) in [7, 11) is 0.